The molecule has 3 rings (SSSR count). The lowest BCUT2D eigenvalue weighted by atomic mass is 9.92. The third-order valence-corrected chi connectivity index (χ3v) is 5.29. The van der Waals surface area contributed by atoms with Crippen molar-refractivity contribution in [2.45, 2.75) is 24.5 Å². The van der Waals surface area contributed by atoms with E-state index in [4.69, 9.17) is 5.73 Å². The molecule has 4 nitrogen and oxygen atoms in total. The van der Waals surface area contributed by atoms with Crippen LogP contribution in [0.2, 0.25) is 0 Å². The molecule has 2 atom stereocenters. The summed E-state index contributed by atoms with van der Waals surface area (Å²) in [6.07, 6.45) is 3.51. The third kappa shape index (κ3) is 4.35. The molecule has 3 aromatic rings. The van der Waals surface area contributed by atoms with Gasteiger partial charge in [-0.3, -0.25) is 4.79 Å². The molecule has 0 bridgehead atoms. The smallest absolute Gasteiger partial charge is 0.307 e. The van der Waals surface area contributed by atoms with Crippen LogP contribution < -0.4 is 5.73 Å². The number of aryl methyl sites for hydroxylation is 1. The maximum Gasteiger partial charge on any atom is 0.307 e. The molecular weight excluding hydrogens is 344 g/mol. The molecular formula is C21H22N2O2S. The zero-order valence-corrected chi connectivity index (χ0v) is 15.3. The first-order valence-electron chi connectivity index (χ1n) is 8.62. The van der Waals surface area contributed by atoms with Crippen molar-refractivity contribution in [2.75, 3.05) is 5.73 Å². The second-order valence-corrected chi connectivity index (χ2v) is 7.15. The molecule has 1 heterocycles. The zero-order chi connectivity index (χ0) is 18.5. The number of carboxylic acid groups (broad SMARTS) is 1. The number of nitrogen functional groups attached to an aromatic ring is 1. The van der Waals surface area contributed by atoms with E-state index in [0.717, 1.165) is 12.0 Å². The van der Waals surface area contributed by atoms with Crippen LogP contribution in [0.25, 0.3) is 10.8 Å². The Balaban J connectivity index is 1.70. The second-order valence-electron chi connectivity index (χ2n) is 6.48. The summed E-state index contributed by atoms with van der Waals surface area (Å²) in [5.41, 5.74) is 7.67. The summed E-state index contributed by atoms with van der Waals surface area (Å²) in [4.78, 5) is 15.8. The molecule has 0 amide bonds. The highest BCUT2D eigenvalue weighted by Gasteiger charge is 2.26. The molecule has 134 valence electrons. The number of nitrogens with two attached hydrogens (primary N) is 1. The van der Waals surface area contributed by atoms with Crippen LogP contribution in [0.1, 0.15) is 17.5 Å². The number of nitrogens with zero attached hydrogens (tertiary/aromatic N) is 1. The molecule has 1 aromatic heterocycles. The van der Waals surface area contributed by atoms with E-state index in [-0.39, 0.29) is 5.25 Å². The van der Waals surface area contributed by atoms with Crippen LogP contribution in [0.5, 0.6) is 0 Å². The van der Waals surface area contributed by atoms with Crippen LogP contribution in [0.15, 0.2) is 60.8 Å². The third-order valence-electron chi connectivity index (χ3n) is 4.67. The molecule has 0 aliphatic heterocycles. The van der Waals surface area contributed by atoms with Crippen molar-refractivity contribution in [1.29, 1.82) is 0 Å². The first kappa shape index (κ1) is 18.3. The van der Waals surface area contributed by atoms with E-state index in [1.807, 2.05) is 24.3 Å². The quantitative estimate of drug-likeness (QED) is 0.553. The van der Waals surface area contributed by atoms with Gasteiger partial charge >= 0.3 is 5.97 Å². The Morgan fingerprint density at radius 3 is 2.62 bits per heavy atom. The Hall–Kier alpha value is -2.53. The lowest BCUT2D eigenvalue weighted by molar-refractivity contribution is -0.141. The van der Waals surface area contributed by atoms with Crippen molar-refractivity contribution >= 4 is 35.2 Å². The first-order valence-corrected chi connectivity index (χ1v) is 9.14. The van der Waals surface area contributed by atoms with Crippen LogP contribution in [-0.2, 0) is 17.6 Å². The molecule has 2 aromatic carbocycles. The molecule has 0 fully saturated rings. The molecule has 3 N–H and O–H groups in total. The molecule has 0 spiro atoms. The molecule has 0 radical (unpaired) electrons. The van der Waals surface area contributed by atoms with Crippen molar-refractivity contribution < 1.29 is 9.90 Å². The predicted molar refractivity (Wildman–Crippen MR) is 109 cm³/mol. The molecule has 0 saturated heterocycles. The predicted octanol–water partition coefficient (Wildman–Crippen LogP) is 3.99. The largest absolute Gasteiger partial charge is 0.481 e. The van der Waals surface area contributed by atoms with E-state index >= 15 is 0 Å². The Bertz CT molecular complexity index is 891. The van der Waals surface area contributed by atoms with Gasteiger partial charge in [-0.1, -0.05) is 48.5 Å². The minimum absolute atomic E-state index is 0.246. The monoisotopic (exact) mass is 366 g/mol. The summed E-state index contributed by atoms with van der Waals surface area (Å²) in [7, 11) is 0. The fraction of sp³-hybridized carbons (Fsp3) is 0.238. The van der Waals surface area contributed by atoms with Gasteiger partial charge in [0.2, 0.25) is 0 Å². The van der Waals surface area contributed by atoms with Gasteiger partial charge in [0.1, 0.15) is 5.82 Å². The number of pyridine rings is 1. The average molecular weight is 366 g/mol. The van der Waals surface area contributed by atoms with E-state index in [0.29, 0.717) is 18.7 Å². The Kier molecular flexibility index (Phi) is 5.78. The summed E-state index contributed by atoms with van der Waals surface area (Å²) in [5.74, 6) is -0.975. The maximum absolute atomic E-state index is 11.7. The van der Waals surface area contributed by atoms with Gasteiger partial charge in [-0.25, -0.2) is 4.98 Å². The molecule has 0 aliphatic carbocycles. The van der Waals surface area contributed by atoms with Crippen molar-refractivity contribution in [3.63, 3.8) is 0 Å². The van der Waals surface area contributed by atoms with Gasteiger partial charge in [0, 0.05) is 11.4 Å². The molecule has 0 saturated carbocycles. The van der Waals surface area contributed by atoms with Gasteiger partial charge in [0.05, 0.1) is 5.92 Å². The van der Waals surface area contributed by atoms with Gasteiger partial charge in [0.15, 0.2) is 0 Å². The summed E-state index contributed by atoms with van der Waals surface area (Å²) < 4.78 is 0. The number of thiol groups is 1. The normalized spacial score (nSPS) is 13.4. The van der Waals surface area contributed by atoms with Crippen LogP contribution >= 0.6 is 12.6 Å². The minimum Gasteiger partial charge on any atom is -0.481 e. The number of aliphatic carboxylic acids is 1. The van der Waals surface area contributed by atoms with Crippen LogP contribution in [-0.4, -0.2) is 21.3 Å². The number of anilines is 1. The van der Waals surface area contributed by atoms with Crippen molar-refractivity contribution in [3.05, 3.63) is 71.9 Å². The van der Waals surface area contributed by atoms with Crippen molar-refractivity contribution in [1.82, 2.24) is 4.98 Å². The Morgan fingerprint density at radius 1 is 1.12 bits per heavy atom. The Morgan fingerprint density at radius 2 is 1.88 bits per heavy atom. The van der Waals surface area contributed by atoms with Gasteiger partial charge < -0.3 is 10.8 Å². The van der Waals surface area contributed by atoms with Gasteiger partial charge in [-0.05, 0) is 47.2 Å². The van der Waals surface area contributed by atoms with Crippen LogP contribution in [0.4, 0.5) is 5.82 Å². The SMILES string of the molecule is Nc1ccc(CC(C(=O)O)C(S)CCc2cccc3ccccc23)cn1. The first-order chi connectivity index (χ1) is 12.5. The number of benzene rings is 2. The standard InChI is InChI=1S/C21H22N2O2S/c22-20-11-8-14(13-23-20)12-18(21(24)25)19(26)10-9-16-6-3-5-15-4-1-2-7-17(15)16/h1-8,11,13,18-19,26H,9-10,12H2,(H2,22,23)(H,24,25). The summed E-state index contributed by atoms with van der Waals surface area (Å²) >= 11 is 4.61. The van der Waals surface area contributed by atoms with E-state index in [1.54, 1.807) is 12.3 Å². The summed E-state index contributed by atoms with van der Waals surface area (Å²) in [5, 5.41) is 11.8. The number of hydrogen-bond acceptors (Lipinski definition) is 4. The maximum atomic E-state index is 11.7. The van der Waals surface area contributed by atoms with E-state index in [1.165, 1.54) is 16.3 Å². The van der Waals surface area contributed by atoms with Gasteiger partial charge in [-0.15, -0.1) is 0 Å². The van der Waals surface area contributed by atoms with Crippen molar-refractivity contribution in [3.8, 4) is 0 Å². The van der Waals surface area contributed by atoms with E-state index in [9.17, 15) is 9.90 Å². The second kappa shape index (κ2) is 8.23. The lowest BCUT2D eigenvalue weighted by Gasteiger charge is -2.20. The van der Waals surface area contributed by atoms with Crippen LogP contribution in [0.3, 0.4) is 0 Å². The fourth-order valence-corrected chi connectivity index (χ4v) is 3.58. The van der Waals surface area contributed by atoms with Gasteiger partial charge in [0.25, 0.3) is 0 Å². The van der Waals surface area contributed by atoms with Crippen LogP contribution in [0, 0.1) is 5.92 Å². The molecule has 26 heavy (non-hydrogen) atoms. The Labute approximate surface area is 158 Å². The number of fused-ring (bicyclic) bond motifs is 1. The van der Waals surface area contributed by atoms with E-state index < -0.39 is 11.9 Å². The number of aromatic nitrogens is 1. The number of carboxylic acids is 1. The number of rotatable bonds is 7. The topological polar surface area (TPSA) is 76.2 Å². The molecule has 5 heteroatoms. The lowest BCUT2D eigenvalue weighted by Crippen LogP contribution is -2.27. The molecule has 2 unspecified atom stereocenters. The van der Waals surface area contributed by atoms with E-state index in [2.05, 4.69) is 41.9 Å². The highest BCUT2D eigenvalue weighted by atomic mass is 32.1. The molecule has 0 aliphatic rings. The average Bonchev–Trinajstić information content (AvgIpc) is 2.65. The number of hydrogen-bond donors (Lipinski definition) is 3. The minimum atomic E-state index is -0.834. The fourth-order valence-electron chi connectivity index (χ4n) is 3.21. The summed E-state index contributed by atoms with van der Waals surface area (Å²) in [6, 6.07) is 18.0. The zero-order valence-electron chi connectivity index (χ0n) is 14.4. The number of carbonyl (C=O) groups is 1. The van der Waals surface area contributed by atoms with Crippen molar-refractivity contribution in [2.24, 2.45) is 5.92 Å². The highest BCUT2D eigenvalue weighted by molar-refractivity contribution is 7.81. The van der Waals surface area contributed by atoms with Gasteiger partial charge in [-0.2, -0.15) is 12.6 Å². The summed E-state index contributed by atoms with van der Waals surface area (Å²) in [6.45, 7) is 0. The highest BCUT2D eigenvalue weighted by Crippen LogP contribution is 2.25.